The molecule has 1 aromatic heterocycles. The lowest BCUT2D eigenvalue weighted by Gasteiger charge is -2.12. The summed E-state index contributed by atoms with van der Waals surface area (Å²) in [4.78, 5) is 11.8. The number of nitrogens with two attached hydrogens (primary N) is 1. The van der Waals surface area contributed by atoms with Gasteiger partial charge in [-0.3, -0.25) is 4.79 Å². The van der Waals surface area contributed by atoms with Crippen LogP contribution in [0.1, 0.15) is 28.3 Å². The fraction of sp³-hybridized carbons (Fsp3) is 0.182. The molecule has 0 saturated carbocycles. The number of hydrogen-bond acceptors (Lipinski definition) is 5. The van der Waals surface area contributed by atoms with Gasteiger partial charge >= 0.3 is 0 Å². The molecule has 0 radical (unpaired) electrons. The zero-order chi connectivity index (χ0) is 13.1. The molecule has 0 aliphatic rings. The molecule has 1 amide bonds. The fourth-order valence-electron chi connectivity index (χ4n) is 1.42. The standard InChI is InChI=1S/C11H11ClN4OS/c1-6(7-2-4-8(12)5-3-7)14-9(17)10-15-16-11(13)18-10/h2-6H,1H3,(H2,13,16)(H,14,17). The van der Waals surface area contributed by atoms with Crippen molar-refractivity contribution in [1.82, 2.24) is 15.5 Å². The monoisotopic (exact) mass is 282 g/mol. The maximum absolute atomic E-state index is 11.8. The molecule has 0 aliphatic heterocycles. The Labute approximate surface area is 113 Å². The van der Waals surface area contributed by atoms with Crippen molar-refractivity contribution in [3.05, 3.63) is 39.9 Å². The van der Waals surface area contributed by atoms with Gasteiger partial charge in [0.25, 0.3) is 5.91 Å². The maximum Gasteiger partial charge on any atom is 0.282 e. The minimum absolute atomic E-state index is 0.139. The first-order valence-electron chi connectivity index (χ1n) is 5.21. The Bertz CT molecular complexity index is 554. The van der Waals surface area contributed by atoms with E-state index in [0.29, 0.717) is 5.02 Å². The van der Waals surface area contributed by atoms with Crippen LogP contribution in [0, 0.1) is 0 Å². The normalized spacial score (nSPS) is 12.1. The van der Waals surface area contributed by atoms with Gasteiger partial charge in [0.15, 0.2) is 0 Å². The number of amides is 1. The van der Waals surface area contributed by atoms with E-state index >= 15 is 0 Å². The second kappa shape index (κ2) is 5.32. The summed E-state index contributed by atoms with van der Waals surface area (Å²) in [7, 11) is 0. The number of carbonyl (C=O) groups is 1. The SMILES string of the molecule is CC(NC(=O)c1nnc(N)s1)c1ccc(Cl)cc1. The van der Waals surface area contributed by atoms with E-state index in [1.54, 1.807) is 12.1 Å². The Balaban J connectivity index is 2.05. The third-order valence-electron chi connectivity index (χ3n) is 2.35. The van der Waals surface area contributed by atoms with Gasteiger partial charge < -0.3 is 11.1 Å². The number of carbonyl (C=O) groups excluding carboxylic acids is 1. The summed E-state index contributed by atoms with van der Waals surface area (Å²) in [5.74, 6) is -0.286. The van der Waals surface area contributed by atoms with E-state index in [9.17, 15) is 4.79 Å². The van der Waals surface area contributed by atoms with E-state index in [4.69, 9.17) is 17.3 Å². The van der Waals surface area contributed by atoms with Gasteiger partial charge in [-0.25, -0.2) is 0 Å². The number of anilines is 1. The van der Waals surface area contributed by atoms with Gasteiger partial charge in [0.1, 0.15) is 0 Å². The summed E-state index contributed by atoms with van der Waals surface area (Å²) < 4.78 is 0. The summed E-state index contributed by atoms with van der Waals surface area (Å²) >= 11 is 6.86. The number of nitrogens with zero attached hydrogens (tertiary/aromatic N) is 2. The number of nitrogen functional groups attached to an aromatic ring is 1. The average molecular weight is 283 g/mol. The second-order valence-electron chi connectivity index (χ2n) is 3.69. The third-order valence-corrected chi connectivity index (χ3v) is 3.36. The van der Waals surface area contributed by atoms with Crippen molar-refractivity contribution in [1.29, 1.82) is 0 Å². The molecule has 5 nitrogen and oxygen atoms in total. The Morgan fingerprint density at radius 2 is 2.06 bits per heavy atom. The van der Waals surface area contributed by atoms with Gasteiger partial charge in [-0.1, -0.05) is 35.1 Å². The highest BCUT2D eigenvalue weighted by molar-refractivity contribution is 7.16. The molecule has 0 bridgehead atoms. The lowest BCUT2D eigenvalue weighted by Crippen LogP contribution is -2.26. The molecule has 2 rings (SSSR count). The van der Waals surface area contributed by atoms with Crippen LogP contribution in [0.4, 0.5) is 5.13 Å². The van der Waals surface area contributed by atoms with E-state index in [2.05, 4.69) is 15.5 Å². The largest absolute Gasteiger partial charge is 0.374 e. The summed E-state index contributed by atoms with van der Waals surface area (Å²) in [5, 5.41) is 11.3. The van der Waals surface area contributed by atoms with Crippen molar-refractivity contribution in [2.75, 3.05) is 5.73 Å². The van der Waals surface area contributed by atoms with Crippen LogP contribution in [0.25, 0.3) is 0 Å². The zero-order valence-corrected chi connectivity index (χ0v) is 11.1. The van der Waals surface area contributed by atoms with Crippen molar-refractivity contribution >= 4 is 34.0 Å². The van der Waals surface area contributed by atoms with E-state index < -0.39 is 0 Å². The Kier molecular flexibility index (Phi) is 3.78. The average Bonchev–Trinajstić information content (AvgIpc) is 2.76. The predicted molar refractivity (Wildman–Crippen MR) is 71.7 cm³/mol. The minimum Gasteiger partial charge on any atom is -0.374 e. The number of nitrogens with one attached hydrogen (secondary N) is 1. The van der Waals surface area contributed by atoms with Crippen molar-refractivity contribution in [3.63, 3.8) is 0 Å². The molecule has 1 aromatic carbocycles. The molecule has 2 aromatic rings. The highest BCUT2D eigenvalue weighted by atomic mass is 35.5. The van der Waals surface area contributed by atoms with E-state index in [1.165, 1.54) is 0 Å². The topological polar surface area (TPSA) is 80.9 Å². The molecule has 1 unspecified atom stereocenters. The molecule has 7 heteroatoms. The summed E-state index contributed by atoms with van der Waals surface area (Å²) in [6, 6.07) is 7.15. The Morgan fingerprint density at radius 3 is 2.61 bits per heavy atom. The van der Waals surface area contributed by atoms with Gasteiger partial charge in [0, 0.05) is 5.02 Å². The van der Waals surface area contributed by atoms with Gasteiger partial charge in [-0.15, -0.1) is 10.2 Å². The maximum atomic E-state index is 11.8. The third kappa shape index (κ3) is 2.96. The number of halogens is 1. The summed E-state index contributed by atoms with van der Waals surface area (Å²) in [5.41, 5.74) is 6.39. The number of hydrogen-bond donors (Lipinski definition) is 2. The molecule has 1 heterocycles. The Morgan fingerprint density at radius 1 is 1.39 bits per heavy atom. The molecular weight excluding hydrogens is 272 g/mol. The first-order chi connectivity index (χ1) is 8.56. The van der Waals surface area contributed by atoms with Crippen LogP contribution in [0.3, 0.4) is 0 Å². The summed E-state index contributed by atoms with van der Waals surface area (Å²) in [6.07, 6.45) is 0. The molecule has 0 aliphatic carbocycles. The lowest BCUT2D eigenvalue weighted by molar-refractivity contribution is 0.0939. The van der Waals surface area contributed by atoms with Crippen LogP contribution in [-0.4, -0.2) is 16.1 Å². The van der Waals surface area contributed by atoms with E-state index in [1.807, 2.05) is 19.1 Å². The van der Waals surface area contributed by atoms with Crippen LogP contribution in [0.5, 0.6) is 0 Å². The predicted octanol–water partition coefficient (Wildman–Crippen LogP) is 2.26. The number of rotatable bonds is 3. The van der Waals surface area contributed by atoms with Gasteiger partial charge in [0.05, 0.1) is 6.04 Å². The van der Waals surface area contributed by atoms with Crippen molar-refractivity contribution in [2.24, 2.45) is 0 Å². The number of benzene rings is 1. The van der Waals surface area contributed by atoms with Crippen LogP contribution in [0.2, 0.25) is 5.02 Å². The van der Waals surface area contributed by atoms with Crippen LogP contribution >= 0.6 is 22.9 Å². The minimum atomic E-state index is -0.286. The first-order valence-corrected chi connectivity index (χ1v) is 6.41. The molecule has 94 valence electrons. The quantitative estimate of drug-likeness (QED) is 0.905. The van der Waals surface area contributed by atoms with Gasteiger partial charge in [-0.05, 0) is 24.6 Å². The highest BCUT2D eigenvalue weighted by Gasteiger charge is 2.15. The smallest absolute Gasteiger partial charge is 0.282 e. The lowest BCUT2D eigenvalue weighted by atomic mass is 10.1. The molecule has 18 heavy (non-hydrogen) atoms. The van der Waals surface area contributed by atoms with Crippen molar-refractivity contribution in [2.45, 2.75) is 13.0 Å². The zero-order valence-electron chi connectivity index (χ0n) is 9.55. The van der Waals surface area contributed by atoms with E-state index in [0.717, 1.165) is 16.9 Å². The molecule has 0 saturated heterocycles. The van der Waals surface area contributed by atoms with Gasteiger partial charge in [0.2, 0.25) is 10.1 Å². The van der Waals surface area contributed by atoms with Crippen LogP contribution in [-0.2, 0) is 0 Å². The van der Waals surface area contributed by atoms with Gasteiger partial charge in [-0.2, -0.15) is 0 Å². The van der Waals surface area contributed by atoms with Crippen molar-refractivity contribution in [3.8, 4) is 0 Å². The summed E-state index contributed by atoms with van der Waals surface area (Å²) in [6.45, 7) is 1.88. The molecule has 3 N–H and O–H groups in total. The van der Waals surface area contributed by atoms with E-state index in [-0.39, 0.29) is 22.1 Å². The van der Waals surface area contributed by atoms with Crippen LogP contribution < -0.4 is 11.1 Å². The molecule has 0 spiro atoms. The highest BCUT2D eigenvalue weighted by Crippen LogP contribution is 2.17. The molecule has 1 atom stereocenters. The Hall–Kier alpha value is -1.66. The van der Waals surface area contributed by atoms with Crippen molar-refractivity contribution < 1.29 is 4.79 Å². The molecule has 0 fully saturated rings. The first kappa shape index (κ1) is 12.8. The van der Waals surface area contributed by atoms with Crippen LogP contribution in [0.15, 0.2) is 24.3 Å². The second-order valence-corrected chi connectivity index (χ2v) is 5.14. The molecular formula is C11H11ClN4OS. The fourth-order valence-corrected chi connectivity index (χ4v) is 2.06. The number of aromatic nitrogens is 2.